The van der Waals surface area contributed by atoms with Crippen LogP contribution in [0.3, 0.4) is 0 Å². The van der Waals surface area contributed by atoms with Crippen LogP contribution < -0.4 is 10.1 Å². The zero-order chi connectivity index (χ0) is 27.9. The maximum Gasteiger partial charge on any atom is 0.410 e. The maximum atomic E-state index is 14.5. The average molecular weight is 538 g/mol. The standard InChI is InChI=1S/C29H36FN5O4/c1-16-12-20(22(13-21(16)30)38-14-18-6-7-18)24-26-25(32-15-31-24)23(17(2)33-26)27(36)34-19-8-10-35(11-9-19)28(37)39-29(3,4)5/h12-13,15,18-19,33H,6-11,14H2,1-5H3,(H,34,36). The number of fused-ring (bicyclic) bond motifs is 1. The van der Waals surface area contributed by atoms with Gasteiger partial charge in [-0.25, -0.2) is 19.2 Å². The first-order valence-electron chi connectivity index (χ1n) is 13.6. The normalized spacial score (nSPS) is 16.4. The smallest absolute Gasteiger partial charge is 0.410 e. The third-order valence-electron chi connectivity index (χ3n) is 7.17. The molecule has 2 aliphatic rings. The SMILES string of the molecule is Cc1cc(-c2ncnc3c(C(=O)NC4CCN(C(=O)OC(C)(C)C)CC4)c(C)[nH]c23)c(OCC2CC2)cc1F. The monoisotopic (exact) mass is 537 g/mol. The molecule has 0 spiro atoms. The second-order valence-corrected chi connectivity index (χ2v) is 11.6. The topological polar surface area (TPSA) is 109 Å². The van der Waals surface area contributed by atoms with Crippen molar-refractivity contribution in [3.05, 3.63) is 41.1 Å². The van der Waals surface area contributed by atoms with Gasteiger partial charge >= 0.3 is 6.09 Å². The highest BCUT2D eigenvalue weighted by Crippen LogP contribution is 2.37. The molecule has 1 aromatic carbocycles. The molecule has 1 saturated carbocycles. The summed E-state index contributed by atoms with van der Waals surface area (Å²) in [5, 5.41) is 3.12. The first-order chi connectivity index (χ1) is 18.5. The van der Waals surface area contributed by atoms with Crippen LogP contribution in [0, 0.1) is 25.6 Å². The van der Waals surface area contributed by atoms with Crippen molar-refractivity contribution in [2.75, 3.05) is 19.7 Å². The molecular weight excluding hydrogens is 501 g/mol. The van der Waals surface area contributed by atoms with Crippen LogP contribution in [0.25, 0.3) is 22.3 Å². The predicted octanol–water partition coefficient (Wildman–Crippen LogP) is 5.30. The van der Waals surface area contributed by atoms with E-state index in [1.165, 1.54) is 12.4 Å². The Labute approximate surface area is 227 Å². The number of carbonyl (C=O) groups is 2. The van der Waals surface area contributed by atoms with Crippen molar-refractivity contribution in [3.63, 3.8) is 0 Å². The molecule has 208 valence electrons. The van der Waals surface area contributed by atoms with Crippen LogP contribution >= 0.6 is 0 Å². The largest absolute Gasteiger partial charge is 0.492 e. The van der Waals surface area contributed by atoms with Crippen LogP contribution in [-0.2, 0) is 4.74 Å². The first kappa shape index (κ1) is 26.9. The lowest BCUT2D eigenvalue weighted by molar-refractivity contribution is 0.0199. The summed E-state index contributed by atoms with van der Waals surface area (Å²) in [6.45, 7) is 10.6. The number of aromatic nitrogens is 3. The minimum Gasteiger partial charge on any atom is -0.492 e. The minimum atomic E-state index is -0.549. The van der Waals surface area contributed by atoms with Gasteiger partial charge in [0.2, 0.25) is 0 Å². The van der Waals surface area contributed by atoms with Crippen molar-refractivity contribution < 1.29 is 23.5 Å². The van der Waals surface area contributed by atoms with E-state index in [4.69, 9.17) is 9.47 Å². The van der Waals surface area contributed by atoms with Gasteiger partial charge in [-0.3, -0.25) is 4.79 Å². The molecule has 9 nitrogen and oxygen atoms in total. The molecule has 1 aliphatic heterocycles. The number of nitrogens with zero attached hydrogens (tertiary/aromatic N) is 3. The third kappa shape index (κ3) is 5.99. The number of H-pyrrole nitrogens is 1. The number of benzene rings is 1. The van der Waals surface area contributed by atoms with Crippen molar-refractivity contribution in [2.45, 2.75) is 71.9 Å². The van der Waals surface area contributed by atoms with E-state index >= 15 is 0 Å². The zero-order valence-electron chi connectivity index (χ0n) is 23.2. The van der Waals surface area contributed by atoms with E-state index in [2.05, 4.69) is 20.3 Å². The Balaban J connectivity index is 1.36. The van der Waals surface area contributed by atoms with Crippen molar-refractivity contribution in [3.8, 4) is 17.0 Å². The number of piperidine rings is 1. The van der Waals surface area contributed by atoms with Gasteiger partial charge in [0.1, 0.15) is 34.7 Å². The predicted molar refractivity (Wildman–Crippen MR) is 145 cm³/mol. The van der Waals surface area contributed by atoms with E-state index in [1.807, 2.05) is 27.7 Å². The molecule has 39 heavy (non-hydrogen) atoms. The van der Waals surface area contributed by atoms with Gasteiger partial charge in [0, 0.05) is 36.5 Å². The number of likely N-dealkylation sites (tertiary alicyclic amines) is 1. The van der Waals surface area contributed by atoms with E-state index in [0.717, 1.165) is 12.8 Å². The molecule has 1 saturated heterocycles. The number of halogens is 1. The van der Waals surface area contributed by atoms with Gasteiger partial charge in [0.05, 0.1) is 17.7 Å². The van der Waals surface area contributed by atoms with Crippen LogP contribution in [0.2, 0.25) is 0 Å². The molecule has 2 N–H and O–H groups in total. The molecule has 5 rings (SSSR count). The highest BCUT2D eigenvalue weighted by molar-refractivity contribution is 6.09. The number of hydrogen-bond acceptors (Lipinski definition) is 6. The van der Waals surface area contributed by atoms with Gasteiger partial charge in [0.15, 0.2) is 0 Å². The Morgan fingerprint density at radius 2 is 1.85 bits per heavy atom. The number of ether oxygens (including phenoxy) is 2. The molecule has 0 bridgehead atoms. The zero-order valence-corrected chi connectivity index (χ0v) is 23.2. The van der Waals surface area contributed by atoms with Crippen molar-refractivity contribution in [2.24, 2.45) is 5.92 Å². The average Bonchev–Trinajstić information content (AvgIpc) is 3.63. The Morgan fingerprint density at radius 1 is 1.13 bits per heavy atom. The number of carbonyl (C=O) groups excluding carboxylic acids is 2. The Morgan fingerprint density at radius 3 is 2.51 bits per heavy atom. The van der Waals surface area contributed by atoms with Crippen molar-refractivity contribution >= 4 is 23.0 Å². The van der Waals surface area contributed by atoms with Gasteiger partial charge in [0.25, 0.3) is 5.91 Å². The molecule has 0 radical (unpaired) electrons. The molecule has 0 atom stereocenters. The van der Waals surface area contributed by atoms with Gasteiger partial charge in [-0.05, 0) is 77.8 Å². The van der Waals surface area contributed by atoms with Crippen LogP contribution in [0.5, 0.6) is 5.75 Å². The quantitative estimate of drug-likeness (QED) is 0.442. The van der Waals surface area contributed by atoms with Crippen LogP contribution in [0.15, 0.2) is 18.5 Å². The van der Waals surface area contributed by atoms with Gasteiger partial charge in [-0.1, -0.05) is 0 Å². The van der Waals surface area contributed by atoms with E-state index in [9.17, 15) is 14.0 Å². The fourth-order valence-corrected chi connectivity index (χ4v) is 4.85. The minimum absolute atomic E-state index is 0.0796. The summed E-state index contributed by atoms with van der Waals surface area (Å²) >= 11 is 0. The van der Waals surface area contributed by atoms with Gasteiger partial charge < -0.3 is 24.7 Å². The molecule has 1 aliphatic carbocycles. The molecule has 0 unspecified atom stereocenters. The Bertz CT molecular complexity index is 1400. The molecule has 2 amide bonds. The first-order valence-corrected chi connectivity index (χ1v) is 13.6. The summed E-state index contributed by atoms with van der Waals surface area (Å²) in [7, 11) is 0. The van der Waals surface area contributed by atoms with Crippen LogP contribution in [-0.4, -0.2) is 63.2 Å². The second-order valence-electron chi connectivity index (χ2n) is 11.6. The van der Waals surface area contributed by atoms with Crippen LogP contribution in [0.4, 0.5) is 9.18 Å². The number of hydrogen-bond donors (Lipinski definition) is 2. The fraction of sp³-hybridized carbons (Fsp3) is 0.517. The summed E-state index contributed by atoms with van der Waals surface area (Å²) in [6.07, 6.45) is 4.59. The summed E-state index contributed by atoms with van der Waals surface area (Å²) in [5.74, 6) is 0.363. The maximum absolute atomic E-state index is 14.5. The summed E-state index contributed by atoms with van der Waals surface area (Å²) in [6, 6.07) is 3.06. The molecule has 3 heterocycles. The number of rotatable bonds is 6. The van der Waals surface area contributed by atoms with Crippen LogP contribution in [0.1, 0.15) is 68.1 Å². The molecule has 2 fully saturated rings. The molecular formula is C29H36FN5O4. The highest BCUT2D eigenvalue weighted by atomic mass is 19.1. The van der Waals surface area contributed by atoms with Gasteiger partial charge in [-0.2, -0.15) is 0 Å². The molecule has 3 aromatic rings. The number of amides is 2. The van der Waals surface area contributed by atoms with Crippen molar-refractivity contribution in [1.29, 1.82) is 0 Å². The van der Waals surface area contributed by atoms with Gasteiger partial charge in [-0.15, -0.1) is 0 Å². The van der Waals surface area contributed by atoms with E-state index in [1.54, 1.807) is 17.9 Å². The number of aryl methyl sites for hydroxylation is 2. The van der Waals surface area contributed by atoms with E-state index in [0.29, 0.717) is 83.3 Å². The lowest BCUT2D eigenvalue weighted by atomic mass is 10.0. The lowest BCUT2D eigenvalue weighted by Crippen LogP contribution is -2.47. The number of aromatic amines is 1. The summed E-state index contributed by atoms with van der Waals surface area (Å²) in [5.41, 5.74) is 3.35. The van der Waals surface area contributed by atoms with Crippen molar-refractivity contribution in [1.82, 2.24) is 25.2 Å². The second kappa shape index (κ2) is 10.5. The fourth-order valence-electron chi connectivity index (χ4n) is 4.85. The third-order valence-corrected chi connectivity index (χ3v) is 7.17. The Kier molecular flexibility index (Phi) is 7.22. The summed E-state index contributed by atoms with van der Waals surface area (Å²) in [4.78, 5) is 39.7. The van der Waals surface area contributed by atoms with E-state index < -0.39 is 5.60 Å². The Hall–Kier alpha value is -3.69. The molecule has 2 aromatic heterocycles. The molecule has 10 heteroatoms. The number of nitrogens with one attached hydrogen (secondary N) is 2. The van der Waals surface area contributed by atoms with E-state index in [-0.39, 0.29) is 23.9 Å². The summed E-state index contributed by atoms with van der Waals surface area (Å²) < 4.78 is 25.9. The highest BCUT2D eigenvalue weighted by Gasteiger charge is 2.29. The lowest BCUT2D eigenvalue weighted by Gasteiger charge is -2.33.